The Morgan fingerprint density at radius 3 is 2.09 bits per heavy atom. The number of carbonyl (C=O) groups is 2. The number of nitrogens with zero attached hydrogens (tertiary/aromatic N) is 2. The largest absolute Gasteiger partial charge is 0.350 e. The second-order valence-electron chi connectivity index (χ2n) is 12.3. The van der Waals surface area contributed by atoms with Crippen LogP contribution < -0.4 is 9.62 Å². The van der Waals surface area contributed by atoms with E-state index < -0.39 is 34.1 Å². The lowest BCUT2D eigenvalue weighted by atomic mass is 10.0. The second kappa shape index (κ2) is 14.8. The zero-order chi connectivity index (χ0) is 33.6. The maximum atomic E-state index is 14.6. The smallest absolute Gasteiger partial charge is 0.264 e. The number of amides is 2. The number of carbonyl (C=O) groups excluding carboxylic acids is 2. The molecule has 46 heavy (non-hydrogen) atoms. The van der Waals surface area contributed by atoms with Gasteiger partial charge in [0.1, 0.15) is 12.6 Å². The molecule has 0 bridgehead atoms. The summed E-state index contributed by atoms with van der Waals surface area (Å²) in [5.74, 6) is -0.878. The Morgan fingerprint density at radius 1 is 0.848 bits per heavy atom. The summed E-state index contributed by atoms with van der Waals surface area (Å²) in [4.78, 5) is 30.1. The third-order valence-electron chi connectivity index (χ3n) is 7.43. The predicted octanol–water partition coefficient (Wildman–Crippen LogP) is 7.47. The Hall–Kier alpha value is -3.66. The van der Waals surface area contributed by atoms with Crippen LogP contribution in [0.15, 0.2) is 106 Å². The van der Waals surface area contributed by atoms with E-state index in [9.17, 15) is 18.0 Å². The van der Waals surface area contributed by atoms with Crippen LogP contribution in [0, 0.1) is 13.8 Å². The number of benzene rings is 4. The number of nitrogens with one attached hydrogen (secondary N) is 1. The van der Waals surface area contributed by atoms with Crippen molar-refractivity contribution in [3.63, 3.8) is 0 Å². The second-order valence-corrected chi connectivity index (χ2v) is 15.5. The summed E-state index contributed by atoms with van der Waals surface area (Å²) in [6.45, 7) is 8.74. The van der Waals surface area contributed by atoms with Crippen molar-refractivity contribution in [3.8, 4) is 0 Å². The van der Waals surface area contributed by atoms with E-state index in [1.54, 1.807) is 37.3 Å². The molecule has 4 aromatic rings. The Kier molecular flexibility index (Phi) is 11.4. The van der Waals surface area contributed by atoms with Crippen molar-refractivity contribution in [3.05, 3.63) is 129 Å². The molecule has 0 aliphatic heterocycles. The normalized spacial score (nSPS) is 12.3. The van der Waals surface area contributed by atoms with Crippen molar-refractivity contribution in [1.82, 2.24) is 10.2 Å². The monoisotopic (exact) mass is 723 g/mol. The van der Waals surface area contributed by atoms with E-state index in [-0.39, 0.29) is 29.5 Å². The molecule has 4 aromatic carbocycles. The van der Waals surface area contributed by atoms with Crippen LogP contribution in [0.5, 0.6) is 0 Å². The molecule has 0 aromatic heterocycles. The molecule has 242 valence electrons. The molecule has 4 rings (SSSR count). The topological polar surface area (TPSA) is 86.8 Å². The number of hydrogen-bond acceptors (Lipinski definition) is 4. The van der Waals surface area contributed by atoms with Gasteiger partial charge in [0, 0.05) is 28.0 Å². The summed E-state index contributed by atoms with van der Waals surface area (Å²) in [7, 11) is -4.23. The minimum Gasteiger partial charge on any atom is -0.350 e. The van der Waals surface area contributed by atoms with Crippen LogP contribution in [-0.2, 0) is 32.6 Å². The maximum absolute atomic E-state index is 14.6. The quantitative estimate of drug-likeness (QED) is 0.174. The molecule has 0 aliphatic carbocycles. The fraction of sp³-hybridized carbons (Fsp3) is 0.278. The number of sulfonamides is 1. The summed E-state index contributed by atoms with van der Waals surface area (Å²) in [6.07, 6.45) is 0.228. The molecular weight excluding hydrogens is 686 g/mol. The minimum atomic E-state index is -4.23. The summed E-state index contributed by atoms with van der Waals surface area (Å²) >= 11 is 9.92. The molecule has 0 fully saturated rings. The molecule has 1 atom stereocenters. The Bertz CT molecular complexity index is 1780. The fourth-order valence-corrected chi connectivity index (χ4v) is 6.92. The first-order valence-electron chi connectivity index (χ1n) is 14.9. The molecular formula is C36H39BrClN3O4S. The van der Waals surface area contributed by atoms with Crippen LogP contribution in [0.2, 0.25) is 5.02 Å². The highest BCUT2D eigenvalue weighted by Crippen LogP contribution is 2.31. The van der Waals surface area contributed by atoms with Gasteiger partial charge in [-0.1, -0.05) is 93.8 Å². The highest BCUT2D eigenvalue weighted by atomic mass is 79.9. The van der Waals surface area contributed by atoms with Gasteiger partial charge in [0.15, 0.2) is 0 Å². The molecule has 0 saturated heterocycles. The number of anilines is 1. The third-order valence-corrected chi connectivity index (χ3v) is 10.1. The van der Waals surface area contributed by atoms with Crippen LogP contribution in [-0.4, -0.2) is 43.3 Å². The Labute approximate surface area is 285 Å². The van der Waals surface area contributed by atoms with Gasteiger partial charge in [0.05, 0.1) is 10.6 Å². The van der Waals surface area contributed by atoms with E-state index in [2.05, 4.69) is 21.2 Å². The molecule has 2 amide bonds. The molecule has 1 N–H and O–H groups in total. The van der Waals surface area contributed by atoms with Gasteiger partial charge >= 0.3 is 0 Å². The third kappa shape index (κ3) is 8.99. The molecule has 0 radical (unpaired) electrons. The summed E-state index contributed by atoms with van der Waals surface area (Å²) in [6, 6.07) is 27.4. The van der Waals surface area contributed by atoms with Crippen molar-refractivity contribution < 1.29 is 18.0 Å². The molecule has 7 nitrogen and oxygen atoms in total. The fourth-order valence-electron chi connectivity index (χ4n) is 5.01. The molecule has 0 spiro atoms. The van der Waals surface area contributed by atoms with Gasteiger partial charge in [-0.05, 0) is 87.7 Å². The first-order chi connectivity index (χ1) is 21.7. The van der Waals surface area contributed by atoms with Gasteiger partial charge in [0.25, 0.3) is 10.0 Å². The van der Waals surface area contributed by atoms with Crippen LogP contribution in [0.3, 0.4) is 0 Å². The van der Waals surface area contributed by atoms with E-state index in [0.29, 0.717) is 10.6 Å². The first-order valence-corrected chi connectivity index (χ1v) is 17.5. The molecule has 10 heteroatoms. The Balaban J connectivity index is 1.84. The van der Waals surface area contributed by atoms with Gasteiger partial charge in [0.2, 0.25) is 11.8 Å². The Morgan fingerprint density at radius 2 is 1.48 bits per heavy atom. The van der Waals surface area contributed by atoms with E-state index in [0.717, 1.165) is 25.5 Å². The predicted molar refractivity (Wildman–Crippen MR) is 188 cm³/mol. The summed E-state index contributed by atoms with van der Waals surface area (Å²) in [5, 5.41) is 3.41. The first kappa shape index (κ1) is 35.2. The lowest BCUT2D eigenvalue weighted by Crippen LogP contribution is -2.56. The average Bonchev–Trinajstić information content (AvgIpc) is 3.00. The SMILES string of the molecule is Cc1ccc(S(=O)(=O)N(CC(=O)N(Cc2ccc(Br)cc2)C(Cc2ccccc2)C(=O)NC(C)(C)C)c2cccc(Cl)c2C)cc1. The highest BCUT2D eigenvalue weighted by molar-refractivity contribution is 9.10. The van der Waals surface area contributed by atoms with E-state index >= 15 is 0 Å². The minimum absolute atomic E-state index is 0.0380. The van der Waals surface area contributed by atoms with Gasteiger partial charge < -0.3 is 10.2 Å². The van der Waals surface area contributed by atoms with E-state index in [1.165, 1.54) is 17.0 Å². The maximum Gasteiger partial charge on any atom is 0.264 e. The zero-order valence-corrected chi connectivity index (χ0v) is 29.8. The van der Waals surface area contributed by atoms with Gasteiger partial charge in [-0.3, -0.25) is 13.9 Å². The summed E-state index contributed by atoms with van der Waals surface area (Å²) in [5.41, 5.74) is 2.76. The van der Waals surface area contributed by atoms with E-state index in [4.69, 9.17) is 11.6 Å². The van der Waals surface area contributed by atoms with Gasteiger partial charge in [-0.15, -0.1) is 0 Å². The van der Waals surface area contributed by atoms with E-state index in [1.807, 2.05) is 82.3 Å². The van der Waals surface area contributed by atoms with Crippen LogP contribution >= 0.6 is 27.5 Å². The average molecular weight is 725 g/mol. The number of halogens is 2. The standard InChI is InChI=1S/C36H39BrClN3O4S/c1-25-14-20-30(21-15-25)46(44,45)41(32-13-9-12-31(38)26(32)2)24-34(42)40(23-28-16-18-29(37)19-17-28)33(35(43)39-36(3,4)5)22-27-10-7-6-8-11-27/h6-21,33H,22-24H2,1-5H3,(H,39,43). The molecule has 0 aliphatic rings. The van der Waals surface area contributed by atoms with Crippen molar-refractivity contribution in [1.29, 1.82) is 0 Å². The highest BCUT2D eigenvalue weighted by Gasteiger charge is 2.36. The van der Waals surface area contributed by atoms with Crippen LogP contribution in [0.4, 0.5) is 5.69 Å². The number of hydrogen-bond donors (Lipinski definition) is 1. The van der Waals surface area contributed by atoms with Gasteiger partial charge in [-0.25, -0.2) is 8.42 Å². The molecule has 0 heterocycles. The number of aryl methyl sites for hydroxylation is 1. The summed E-state index contributed by atoms with van der Waals surface area (Å²) < 4.78 is 30.5. The van der Waals surface area contributed by atoms with Crippen LogP contribution in [0.25, 0.3) is 0 Å². The van der Waals surface area contributed by atoms with Crippen LogP contribution in [0.1, 0.15) is 43.0 Å². The number of rotatable bonds is 11. The van der Waals surface area contributed by atoms with Crippen molar-refractivity contribution >= 4 is 55.1 Å². The lowest BCUT2D eigenvalue weighted by molar-refractivity contribution is -0.140. The zero-order valence-electron chi connectivity index (χ0n) is 26.6. The van der Waals surface area contributed by atoms with Crippen molar-refractivity contribution in [2.24, 2.45) is 0 Å². The van der Waals surface area contributed by atoms with Crippen molar-refractivity contribution in [2.75, 3.05) is 10.8 Å². The van der Waals surface area contributed by atoms with Gasteiger partial charge in [-0.2, -0.15) is 0 Å². The van der Waals surface area contributed by atoms with Crippen molar-refractivity contribution in [2.45, 2.75) is 64.1 Å². The molecule has 0 saturated carbocycles. The lowest BCUT2D eigenvalue weighted by Gasteiger charge is -2.35. The molecule has 1 unspecified atom stereocenters.